The van der Waals surface area contributed by atoms with Gasteiger partial charge in [-0.15, -0.1) is 0 Å². The lowest BCUT2D eigenvalue weighted by Crippen LogP contribution is -2.29. The van der Waals surface area contributed by atoms with Crippen LogP contribution in [0.1, 0.15) is 23.6 Å². The van der Waals surface area contributed by atoms with Gasteiger partial charge in [-0.3, -0.25) is 0 Å². The molecule has 0 N–H and O–H groups in total. The third-order valence-electron chi connectivity index (χ3n) is 3.71. The lowest BCUT2D eigenvalue weighted by molar-refractivity contribution is 0.584. The van der Waals surface area contributed by atoms with Gasteiger partial charge in [0.25, 0.3) is 0 Å². The molecule has 0 saturated heterocycles. The second-order valence-corrected chi connectivity index (χ2v) is 4.70. The summed E-state index contributed by atoms with van der Waals surface area (Å²) in [5, 5.41) is 0. The fourth-order valence-electron chi connectivity index (χ4n) is 2.79. The fraction of sp³-hybridized carbons (Fsp3) is 0.250. The van der Waals surface area contributed by atoms with E-state index in [4.69, 9.17) is 0 Å². The van der Waals surface area contributed by atoms with Crippen molar-refractivity contribution < 1.29 is 0 Å². The molecule has 1 nitrogen and oxygen atoms in total. The van der Waals surface area contributed by atoms with Crippen molar-refractivity contribution in [2.45, 2.75) is 18.9 Å². The first-order valence-electron chi connectivity index (χ1n) is 6.22. The molecule has 86 valence electrons. The summed E-state index contributed by atoms with van der Waals surface area (Å²) in [7, 11) is 2.20. The van der Waals surface area contributed by atoms with Crippen molar-refractivity contribution in [3.05, 3.63) is 65.7 Å². The van der Waals surface area contributed by atoms with Gasteiger partial charge in [-0.25, -0.2) is 0 Å². The molecule has 3 rings (SSSR count). The quantitative estimate of drug-likeness (QED) is 0.710. The Morgan fingerprint density at radius 1 is 0.941 bits per heavy atom. The van der Waals surface area contributed by atoms with Crippen molar-refractivity contribution in [1.29, 1.82) is 0 Å². The summed E-state index contributed by atoms with van der Waals surface area (Å²) in [6.45, 7) is 0. The number of benzene rings is 2. The minimum Gasteiger partial charge on any atom is -0.367 e. The van der Waals surface area contributed by atoms with E-state index in [9.17, 15) is 0 Å². The van der Waals surface area contributed by atoms with Gasteiger partial charge in [-0.1, -0.05) is 48.5 Å². The minimum absolute atomic E-state index is 0.520. The van der Waals surface area contributed by atoms with Crippen LogP contribution in [0, 0.1) is 0 Å². The molecule has 0 bridgehead atoms. The first-order chi connectivity index (χ1) is 8.36. The summed E-state index contributed by atoms with van der Waals surface area (Å²) in [5.41, 5.74) is 4.28. The maximum absolute atomic E-state index is 2.41. The first kappa shape index (κ1) is 10.4. The molecule has 1 heterocycles. The van der Waals surface area contributed by atoms with Gasteiger partial charge in [0.05, 0.1) is 6.04 Å². The van der Waals surface area contributed by atoms with Gasteiger partial charge in [0.1, 0.15) is 0 Å². The smallest absolute Gasteiger partial charge is 0.0542 e. The molecule has 0 spiro atoms. The van der Waals surface area contributed by atoms with Gasteiger partial charge >= 0.3 is 0 Å². The van der Waals surface area contributed by atoms with Crippen LogP contribution in [0.2, 0.25) is 0 Å². The maximum atomic E-state index is 2.41. The van der Waals surface area contributed by atoms with Gasteiger partial charge in [-0.2, -0.15) is 0 Å². The van der Waals surface area contributed by atoms with Crippen molar-refractivity contribution in [3.63, 3.8) is 0 Å². The van der Waals surface area contributed by atoms with E-state index in [1.54, 1.807) is 0 Å². The van der Waals surface area contributed by atoms with Gasteiger partial charge in [0, 0.05) is 12.7 Å². The fourth-order valence-corrected chi connectivity index (χ4v) is 2.79. The number of aryl methyl sites for hydroxylation is 1. The van der Waals surface area contributed by atoms with Crippen LogP contribution < -0.4 is 4.90 Å². The predicted molar refractivity (Wildman–Crippen MR) is 72.3 cm³/mol. The number of nitrogens with zero attached hydrogens (tertiary/aromatic N) is 1. The van der Waals surface area contributed by atoms with Gasteiger partial charge in [0.2, 0.25) is 0 Å². The Labute approximate surface area is 103 Å². The first-order valence-corrected chi connectivity index (χ1v) is 6.22. The van der Waals surface area contributed by atoms with E-state index in [0.29, 0.717) is 6.04 Å². The van der Waals surface area contributed by atoms with Crippen molar-refractivity contribution in [2.75, 3.05) is 11.9 Å². The van der Waals surface area contributed by atoms with E-state index >= 15 is 0 Å². The predicted octanol–water partition coefficient (Wildman–Crippen LogP) is 3.81. The van der Waals surface area contributed by atoms with E-state index in [-0.39, 0.29) is 0 Å². The van der Waals surface area contributed by atoms with Crippen LogP contribution in [0.3, 0.4) is 0 Å². The average molecular weight is 223 g/mol. The van der Waals surface area contributed by atoms with Crippen molar-refractivity contribution in [3.8, 4) is 0 Å². The molecule has 2 aromatic rings. The molecule has 1 aliphatic heterocycles. The molecule has 0 aromatic heterocycles. The van der Waals surface area contributed by atoms with E-state index in [1.165, 1.54) is 29.7 Å². The third kappa shape index (κ3) is 1.82. The number of hydrogen-bond donors (Lipinski definition) is 0. The van der Waals surface area contributed by atoms with Crippen molar-refractivity contribution in [1.82, 2.24) is 0 Å². The van der Waals surface area contributed by atoms with Gasteiger partial charge in [-0.05, 0) is 30.0 Å². The Hall–Kier alpha value is -1.76. The zero-order valence-electron chi connectivity index (χ0n) is 10.1. The lowest BCUT2D eigenvalue weighted by atomic mass is 9.92. The van der Waals surface area contributed by atoms with Gasteiger partial charge < -0.3 is 4.90 Å². The number of para-hydroxylation sites is 1. The summed E-state index contributed by atoms with van der Waals surface area (Å²) < 4.78 is 0. The molecule has 1 heteroatoms. The highest BCUT2D eigenvalue weighted by Gasteiger charge is 2.23. The molecule has 0 amide bonds. The minimum atomic E-state index is 0.520. The zero-order chi connectivity index (χ0) is 11.7. The molecule has 1 atom stereocenters. The van der Waals surface area contributed by atoms with Crippen LogP contribution in [0.25, 0.3) is 0 Å². The van der Waals surface area contributed by atoms with Crippen LogP contribution in [0.5, 0.6) is 0 Å². The maximum Gasteiger partial charge on any atom is 0.0542 e. The topological polar surface area (TPSA) is 3.24 Å². The lowest BCUT2D eigenvalue weighted by Gasteiger charge is -2.36. The summed E-state index contributed by atoms with van der Waals surface area (Å²) in [5.74, 6) is 0. The Bertz CT molecular complexity index is 504. The SMILES string of the molecule is CN1c2ccccc2CC[C@H]1c1ccccc1. The molecule has 0 saturated carbocycles. The second kappa shape index (κ2) is 4.25. The van der Waals surface area contributed by atoms with Crippen LogP contribution >= 0.6 is 0 Å². The van der Waals surface area contributed by atoms with E-state index in [0.717, 1.165) is 0 Å². The Kier molecular flexibility index (Phi) is 2.60. The second-order valence-electron chi connectivity index (χ2n) is 4.70. The molecule has 0 fully saturated rings. The molecular weight excluding hydrogens is 206 g/mol. The molecule has 1 aliphatic rings. The highest BCUT2D eigenvalue weighted by molar-refractivity contribution is 5.56. The molecular formula is C16H17N. The summed E-state index contributed by atoms with van der Waals surface area (Å²) in [6, 6.07) is 20.1. The number of anilines is 1. The average Bonchev–Trinajstić information content (AvgIpc) is 2.40. The van der Waals surface area contributed by atoms with E-state index in [2.05, 4.69) is 66.5 Å². The Morgan fingerprint density at radius 2 is 1.65 bits per heavy atom. The van der Waals surface area contributed by atoms with Crippen molar-refractivity contribution in [2.24, 2.45) is 0 Å². The van der Waals surface area contributed by atoms with E-state index < -0.39 is 0 Å². The van der Waals surface area contributed by atoms with Crippen LogP contribution in [0.15, 0.2) is 54.6 Å². The molecule has 0 unspecified atom stereocenters. The van der Waals surface area contributed by atoms with Gasteiger partial charge in [0.15, 0.2) is 0 Å². The zero-order valence-corrected chi connectivity index (χ0v) is 10.1. The molecule has 17 heavy (non-hydrogen) atoms. The Morgan fingerprint density at radius 3 is 2.47 bits per heavy atom. The molecule has 2 aromatic carbocycles. The summed E-state index contributed by atoms with van der Waals surface area (Å²) in [6.07, 6.45) is 2.39. The number of hydrogen-bond acceptors (Lipinski definition) is 1. The summed E-state index contributed by atoms with van der Waals surface area (Å²) >= 11 is 0. The Balaban J connectivity index is 1.97. The number of fused-ring (bicyclic) bond motifs is 1. The molecule has 0 aliphatic carbocycles. The third-order valence-corrected chi connectivity index (χ3v) is 3.71. The largest absolute Gasteiger partial charge is 0.367 e. The normalized spacial score (nSPS) is 18.9. The highest BCUT2D eigenvalue weighted by atomic mass is 15.1. The highest BCUT2D eigenvalue weighted by Crippen LogP contribution is 2.36. The van der Waals surface area contributed by atoms with Crippen molar-refractivity contribution >= 4 is 5.69 Å². The standard InChI is InChI=1S/C16H17N/c1-17-15-10-6-5-9-14(15)11-12-16(17)13-7-3-2-4-8-13/h2-10,16H,11-12H2,1H3/t16-/m0/s1. The molecule has 0 radical (unpaired) electrons. The van der Waals surface area contributed by atoms with Crippen LogP contribution in [0.4, 0.5) is 5.69 Å². The van der Waals surface area contributed by atoms with E-state index in [1.807, 2.05) is 0 Å². The number of rotatable bonds is 1. The van der Waals surface area contributed by atoms with Crippen LogP contribution in [-0.4, -0.2) is 7.05 Å². The van der Waals surface area contributed by atoms with Crippen LogP contribution in [-0.2, 0) is 6.42 Å². The summed E-state index contributed by atoms with van der Waals surface area (Å²) in [4.78, 5) is 2.41. The monoisotopic (exact) mass is 223 g/mol.